The zero-order valence-electron chi connectivity index (χ0n) is 65.7. The monoisotopic (exact) mass is 1710 g/mol. The number of benzene rings is 6. The molecule has 612 valence electrons. The van der Waals surface area contributed by atoms with Crippen LogP contribution in [0.25, 0.3) is 11.3 Å². The highest BCUT2D eigenvalue weighted by Gasteiger charge is 2.54. The molecule has 0 aliphatic heterocycles. The summed E-state index contributed by atoms with van der Waals surface area (Å²) in [6.45, 7) is 13.0. The Labute approximate surface area is 702 Å². The van der Waals surface area contributed by atoms with Gasteiger partial charge in [-0.05, 0) is 180 Å². The molecule has 0 spiro atoms. The number of aromatic nitrogens is 8. The van der Waals surface area contributed by atoms with Crippen molar-refractivity contribution in [2.75, 3.05) is 58.5 Å². The fourth-order valence-electron chi connectivity index (χ4n) is 13.5. The molecular weight excluding hydrogens is 1630 g/mol. The lowest BCUT2D eigenvalue weighted by atomic mass is 9.49. The number of rotatable bonds is 17. The summed E-state index contributed by atoms with van der Waals surface area (Å²) < 4.78 is 54.4. The van der Waals surface area contributed by atoms with Crippen molar-refractivity contribution in [1.82, 2.24) is 39.9 Å². The number of aromatic amines is 1. The molecule has 13 aromatic rings. The molecule has 7 aromatic heterocycles. The van der Waals surface area contributed by atoms with Gasteiger partial charge in [0, 0.05) is 123 Å². The van der Waals surface area contributed by atoms with E-state index in [1.54, 1.807) is 100 Å². The van der Waals surface area contributed by atoms with E-state index in [9.17, 15) is 46.7 Å². The van der Waals surface area contributed by atoms with E-state index in [4.69, 9.17) is 14.2 Å². The highest BCUT2D eigenvalue weighted by molar-refractivity contribution is 7.15. The van der Waals surface area contributed by atoms with E-state index in [1.807, 2.05) is 129 Å². The number of amides is 7. The van der Waals surface area contributed by atoms with E-state index in [0.717, 1.165) is 115 Å². The predicted octanol–water partition coefficient (Wildman–Crippen LogP) is 19.6. The zero-order valence-corrected chi connectivity index (χ0v) is 70.6. The second-order valence-corrected chi connectivity index (χ2v) is 32.5. The van der Waals surface area contributed by atoms with E-state index in [-0.39, 0.29) is 46.0 Å². The lowest BCUT2D eigenvalue weighted by Gasteiger charge is -2.55. The Morgan fingerprint density at radius 2 is 0.814 bits per heavy atom. The summed E-state index contributed by atoms with van der Waals surface area (Å²) in [5, 5.41) is 33.2. The molecule has 0 saturated heterocycles. The third-order valence-corrected chi connectivity index (χ3v) is 22.8. The Morgan fingerprint density at radius 1 is 0.424 bits per heavy atom. The third-order valence-electron chi connectivity index (χ3n) is 18.6. The number of hydrogen-bond acceptors (Lipinski definition) is 23. The molecule has 17 rings (SSSR count). The van der Waals surface area contributed by atoms with Gasteiger partial charge in [-0.25, -0.2) is 48.1 Å². The minimum Gasteiger partial charge on any atom is -0.497 e. The van der Waals surface area contributed by atoms with Crippen LogP contribution in [0, 0.1) is 82.2 Å². The van der Waals surface area contributed by atoms with Gasteiger partial charge in [0.25, 0.3) is 29.5 Å². The largest absolute Gasteiger partial charge is 0.497 e. The van der Waals surface area contributed by atoms with E-state index < -0.39 is 28.9 Å². The van der Waals surface area contributed by atoms with Gasteiger partial charge in [0.2, 0.25) is 17.8 Å². The van der Waals surface area contributed by atoms with Crippen LogP contribution in [-0.2, 0) is 9.59 Å². The Hall–Kier alpha value is -12.2. The van der Waals surface area contributed by atoms with E-state index in [0.29, 0.717) is 55.3 Å². The summed E-state index contributed by atoms with van der Waals surface area (Å²) in [5.74, 6) is 0.0754. The Kier molecular flexibility index (Phi) is 31.8. The number of thiazole rings is 6. The first-order chi connectivity index (χ1) is 56.7. The molecule has 4 aliphatic carbocycles. The zero-order chi connectivity index (χ0) is 84.4. The van der Waals surface area contributed by atoms with E-state index in [1.165, 1.54) is 94.6 Å². The average Bonchev–Trinajstić information content (AvgIpc) is 1.19. The third kappa shape index (κ3) is 25.2. The lowest BCUT2D eigenvalue weighted by Crippen LogP contribution is -2.51. The van der Waals surface area contributed by atoms with Crippen LogP contribution in [0.2, 0.25) is 0 Å². The van der Waals surface area contributed by atoms with Crippen molar-refractivity contribution in [2.45, 2.75) is 87.0 Å². The summed E-state index contributed by atoms with van der Waals surface area (Å²) in [4.78, 5) is 114. The minimum absolute atomic E-state index is 0.0551. The number of anilines is 7. The van der Waals surface area contributed by atoms with Gasteiger partial charge in [-0.3, -0.25) is 60.1 Å². The molecule has 7 amide bonds. The van der Waals surface area contributed by atoms with Gasteiger partial charge in [-0.2, -0.15) is 0 Å². The van der Waals surface area contributed by atoms with Gasteiger partial charge < -0.3 is 29.8 Å². The van der Waals surface area contributed by atoms with E-state index >= 15 is 0 Å². The minimum atomic E-state index is -1.25. The van der Waals surface area contributed by atoms with Crippen LogP contribution in [0.3, 0.4) is 0 Å². The van der Waals surface area contributed by atoms with Crippen LogP contribution in [0.1, 0.15) is 131 Å². The maximum Gasteiger partial charge on any atom is 0.263 e. The number of ether oxygens (including phenoxy) is 3. The molecule has 4 aliphatic rings. The molecular formula is C84H84F3N15O10S6. The molecule has 25 nitrogen and oxygen atoms in total. The van der Waals surface area contributed by atoms with Gasteiger partial charge in [0.1, 0.15) is 40.3 Å². The molecule has 0 radical (unpaired) electrons. The fraction of sp³-hybridized carbons (Fsp3) is 0.238. The summed E-state index contributed by atoms with van der Waals surface area (Å²) >= 11 is 8.24. The molecule has 0 unspecified atom stereocenters. The van der Waals surface area contributed by atoms with Gasteiger partial charge >= 0.3 is 0 Å². The van der Waals surface area contributed by atoms with Crippen molar-refractivity contribution >= 4 is 146 Å². The van der Waals surface area contributed by atoms with Crippen molar-refractivity contribution in [3.8, 4) is 28.5 Å². The highest BCUT2D eigenvalue weighted by Crippen LogP contribution is 2.60. The van der Waals surface area contributed by atoms with Gasteiger partial charge in [-0.1, -0.05) is 48.0 Å². The van der Waals surface area contributed by atoms with Crippen molar-refractivity contribution in [1.29, 1.82) is 0 Å². The second kappa shape index (κ2) is 42.6. The smallest absolute Gasteiger partial charge is 0.263 e. The summed E-state index contributed by atoms with van der Waals surface area (Å²) in [5.41, 5.74) is 9.35. The second-order valence-electron chi connectivity index (χ2n) is 27.2. The summed E-state index contributed by atoms with van der Waals surface area (Å²) in [6, 6.07) is 30.9. The number of nitrogens with zero attached hydrogens (tertiary/aromatic N) is 7. The number of carbonyl (C=O) groups excluding carboxylic acids is 7. The van der Waals surface area contributed by atoms with Crippen LogP contribution in [-0.4, -0.2) is 103 Å². The van der Waals surface area contributed by atoms with Crippen molar-refractivity contribution in [3.05, 3.63) is 264 Å². The number of imidazole rings is 1. The quantitative estimate of drug-likeness (QED) is 0.0420. The Morgan fingerprint density at radius 3 is 1.19 bits per heavy atom. The fourth-order valence-corrected chi connectivity index (χ4v) is 16.9. The van der Waals surface area contributed by atoms with Crippen molar-refractivity contribution in [3.63, 3.8) is 0 Å². The molecule has 4 bridgehead atoms. The summed E-state index contributed by atoms with van der Waals surface area (Å²) in [7, 11) is 4.80. The number of methoxy groups -OCH3 is 3. The van der Waals surface area contributed by atoms with Gasteiger partial charge in [0.15, 0.2) is 30.8 Å². The Bertz CT molecular complexity index is 5330. The number of nitrogens with one attached hydrogen (secondary N) is 8. The maximum atomic E-state index is 13.2. The first-order valence-electron chi connectivity index (χ1n) is 36.6. The van der Waals surface area contributed by atoms with Crippen molar-refractivity contribution in [2.24, 2.45) is 23.2 Å². The molecule has 34 heteroatoms. The first kappa shape index (κ1) is 88.2. The summed E-state index contributed by atoms with van der Waals surface area (Å²) in [6.07, 6.45) is 18.9. The van der Waals surface area contributed by atoms with Gasteiger partial charge in [0.05, 0.1) is 32.4 Å². The van der Waals surface area contributed by atoms with Crippen LogP contribution in [0.4, 0.5) is 49.9 Å². The first-order valence-corrected chi connectivity index (χ1v) is 41.8. The molecule has 4 saturated carbocycles. The maximum absolute atomic E-state index is 13.2. The lowest BCUT2D eigenvalue weighted by molar-refractivity contribution is -0.140. The van der Waals surface area contributed by atoms with Crippen LogP contribution >= 0.6 is 68.0 Å². The molecule has 8 N–H and O–H groups in total. The number of H-pyrrole nitrogens is 1. The normalized spacial score (nSPS) is 14.8. The van der Waals surface area contributed by atoms with Crippen LogP contribution < -0.4 is 51.4 Å². The average molecular weight is 1710 g/mol. The SMILES string of the molecule is CC(=O)Nc1nccs1.COc1ccc(C(=O)Nc2nc(-c3ccc(C)cc3)cs2)c(C)c1.COc1ccc(C(=O)Nc2ncc[nH]2)c(C)c1.COc1ccc(C(=O)Nc2nccs2)c(C)c1.Cc1cccc(C)c1C(=O)Nc1nccs1.O=C(Nc1nccs1)C12CC3CC(CC(C3)C1)C2.O=C(Nc1nccs1)c1c(F)cc(F)cc1F. The topological polar surface area (TPSA) is 337 Å². The number of carbonyl (C=O) groups is 7. The number of hydrogen-bond donors (Lipinski definition) is 8. The van der Waals surface area contributed by atoms with Gasteiger partial charge in [-0.15, -0.1) is 68.0 Å². The molecule has 4 fully saturated rings. The number of halogens is 3. The van der Waals surface area contributed by atoms with Crippen LogP contribution in [0.15, 0.2) is 185 Å². The van der Waals surface area contributed by atoms with Crippen molar-refractivity contribution < 1.29 is 60.9 Å². The highest BCUT2D eigenvalue weighted by atomic mass is 32.1. The molecule has 7 heterocycles. The Balaban J connectivity index is 0.000000147. The predicted molar refractivity (Wildman–Crippen MR) is 460 cm³/mol. The standard InChI is InChI=1S/C19H18N2O2S.C14H18N2OS.C12H13N3O2.C12H12N2O2S.C12H12N2OS.C10H5F3N2OS.C5H6N2OS/c1-12-4-6-14(7-5-12)17-11-24-19(20-17)21-18(22)16-9-8-15(23-3)10-13(16)2;17-12(16-13-15-1-2-18-13)14-6-9-3-10(7-14)5-11(4-9)8-14;1-8-7-9(17-2)3-4-10(8)11(16)15-12-13-5-6-14-12;1-8-7-9(16-2)3-4-10(8)11(15)14-12-13-5-6-17-12;1-8-4-3-5-9(2)10(8)11(15)14-12-13-6-7-16-12;11-5-3-6(12)8(7(13)4-5)9(16)15-10-14-1-2-17-10;1-4(8)7-5-6-2-3-9-5/h4-11H,1-3H3,(H,20,21,22);1-2,9-11H,3-8H2,(H,15,16,17);3-7H,1-2H3,(H2,13,14,15,16);3-7H,1-2H3,(H,13,14,15);3-7H,1-2H3,(H,13,14,15);1-4H,(H,14,15,16);2-3H,1H3,(H,6,7,8). The molecule has 118 heavy (non-hydrogen) atoms. The van der Waals surface area contributed by atoms with E-state index in [2.05, 4.69) is 77.1 Å². The molecule has 6 aromatic carbocycles. The molecule has 0 atom stereocenters. The number of aryl methyl sites for hydroxylation is 6. The van der Waals surface area contributed by atoms with Crippen LogP contribution in [0.5, 0.6) is 17.2 Å².